The largest absolute Gasteiger partial charge is 0.397 e. The molecule has 182 valence electrons. The highest BCUT2D eigenvalue weighted by molar-refractivity contribution is 7.86. The van der Waals surface area contributed by atoms with Crippen LogP contribution in [-0.4, -0.2) is 56.6 Å². The molecule has 2 aliphatic carbocycles. The second-order valence-corrected chi connectivity index (χ2v) is 11.2. The number of hydrogen-bond donors (Lipinski definition) is 5. The molecule has 0 spiro atoms. The summed E-state index contributed by atoms with van der Waals surface area (Å²) >= 11 is 0. The van der Waals surface area contributed by atoms with Crippen LogP contribution in [0.1, 0.15) is 57.5 Å². The van der Waals surface area contributed by atoms with Crippen molar-refractivity contribution in [1.29, 1.82) is 0 Å². The van der Waals surface area contributed by atoms with E-state index in [1.807, 2.05) is 7.05 Å². The quantitative estimate of drug-likeness (QED) is 0.247. The molecule has 0 radical (unpaired) electrons. The first-order chi connectivity index (χ1) is 15.8. The number of ketones is 2. The molecule has 0 saturated heterocycles. The van der Waals surface area contributed by atoms with Crippen LogP contribution in [0.5, 0.6) is 0 Å². The van der Waals surface area contributed by atoms with Gasteiger partial charge >= 0.3 is 0 Å². The van der Waals surface area contributed by atoms with Gasteiger partial charge in [0.05, 0.1) is 21.7 Å². The number of hydrogen-bond acceptors (Lipinski definition) is 9. The van der Waals surface area contributed by atoms with Crippen molar-refractivity contribution in [3.8, 4) is 0 Å². The van der Waals surface area contributed by atoms with Crippen LogP contribution in [0.15, 0.2) is 34.1 Å². The van der Waals surface area contributed by atoms with Gasteiger partial charge in [-0.1, -0.05) is 0 Å². The zero-order valence-corrected chi connectivity index (χ0v) is 19.7. The summed E-state index contributed by atoms with van der Waals surface area (Å²) < 4.78 is 66.1. The third kappa shape index (κ3) is 4.20. The van der Waals surface area contributed by atoms with Crippen LogP contribution >= 0.6 is 0 Å². The molecule has 2 aromatic rings. The van der Waals surface area contributed by atoms with Crippen molar-refractivity contribution < 1.29 is 35.5 Å². The van der Waals surface area contributed by atoms with Crippen LogP contribution in [0.4, 0.5) is 11.4 Å². The minimum absolute atomic E-state index is 0.0348. The van der Waals surface area contributed by atoms with Crippen LogP contribution in [0, 0.1) is 0 Å². The molecule has 0 heterocycles. The fourth-order valence-electron chi connectivity index (χ4n) is 4.56. The van der Waals surface area contributed by atoms with Crippen LogP contribution in [-0.2, 0) is 20.2 Å². The van der Waals surface area contributed by atoms with E-state index in [1.54, 1.807) is 0 Å². The van der Waals surface area contributed by atoms with Crippen LogP contribution < -0.4 is 16.4 Å². The average Bonchev–Trinajstić information content (AvgIpc) is 2.77. The first kappa shape index (κ1) is 24.3. The van der Waals surface area contributed by atoms with Gasteiger partial charge in [0.25, 0.3) is 20.2 Å². The van der Waals surface area contributed by atoms with Gasteiger partial charge in [0.15, 0.2) is 11.6 Å². The summed E-state index contributed by atoms with van der Waals surface area (Å²) in [4.78, 5) is 25.4. The van der Waals surface area contributed by atoms with E-state index in [4.69, 9.17) is 5.73 Å². The number of rotatable bonds is 5. The molecule has 13 heteroatoms. The molecule has 34 heavy (non-hydrogen) atoms. The number of carbonyl (C=O) groups is 2. The van der Waals surface area contributed by atoms with E-state index in [9.17, 15) is 35.5 Å². The zero-order valence-electron chi connectivity index (χ0n) is 18.0. The van der Waals surface area contributed by atoms with Crippen molar-refractivity contribution in [3.05, 3.63) is 46.5 Å². The molecule has 2 aliphatic rings. The standard InChI is InChI=1S/C21H23N3O8S2/c1-23-10-2-4-11(5-3-10)24-15-9-16(34(30,31)32)19(22)18-17(15)20(25)13-7-6-12(33(27,28)29)8-14(13)21(18)26/h6-11,23-24H,2-5,22H2,1H3,(H,27,28,29)(H,30,31,32). The highest BCUT2D eigenvalue weighted by Gasteiger charge is 2.38. The van der Waals surface area contributed by atoms with E-state index < -0.39 is 52.8 Å². The number of benzene rings is 2. The number of carbonyl (C=O) groups excluding carboxylic acids is 2. The molecule has 11 nitrogen and oxygen atoms in total. The summed E-state index contributed by atoms with van der Waals surface area (Å²) in [5.41, 5.74) is 4.28. The molecule has 1 saturated carbocycles. The smallest absolute Gasteiger partial charge is 0.296 e. The molecule has 0 amide bonds. The predicted octanol–water partition coefficient (Wildman–Crippen LogP) is 1.48. The molecular weight excluding hydrogens is 486 g/mol. The average molecular weight is 510 g/mol. The number of nitrogens with one attached hydrogen (secondary N) is 2. The van der Waals surface area contributed by atoms with E-state index in [-0.39, 0.29) is 28.4 Å². The first-order valence-electron chi connectivity index (χ1n) is 10.4. The van der Waals surface area contributed by atoms with Gasteiger partial charge in [-0.25, -0.2) is 0 Å². The lowest BCUT2D eigenvalue weighted by molar-refractivity contribution is 0.0979. The molecule has 0 aliphatic heterocycles. The third-order valence-electron chi connectivity index (χ3n) is 6.33. The Kier molecular flexibility index (Phi) is 6.02. The number of nitrogen functional groups attached to an aromatic ring is 1. The minimum atomic E-state index is -4.87. The van der Waals surface area contributed by atoms with E-state index in [0.717, 1.165) is 37.1 Å². The number of nitrogens with two attached hydrogens (primary N) is 1. The Balaban J connectivity index is 1.89. The Bertz CT molecular complexity index is 1430. The van der Waals surface area contributed by atoms with E-state index in [0.29, 0.717) is 18.9 Å². The fourth-order valence-corrected chi connectivity index (χ4v) is 5.71. The fraction of sp³-hybridized carbons (Fsp3) is 0.333. The highest BCUT2D eigenvalue weighted by Crippen LogP contribution is 2.40. The maximum atomic E-state index is 13.4. The second-order valence-electron chi connectivity index (χ2n) is 8.38. The Morgan fingerprint density at radius 3 is 2.00 bits per heavy atom. The van der Waals surface area contributed by atoms with Gasteiger partial charge in [0.2, 0.25) is 0 Å². The Hall–Kier alpha value is -2.84. The monoisotopic (exact) mass is 509 g/mol. The SMILES string of the molecule is CNC1CCC(Nc2cc(S(=O)(=O)O)c(N)c3c2C(=O)c2ccc(S(=O)(=O)O)cc2C3=O)CC1. The Morgan fingerprint density at radius 2 is 1.44 bits per heavy atom. The minimum Gasteiger partial charge on any atom is -0.397 e. The normalized spacial score (nSPS) is 20.6. The van der Waals surface area contributed by atoms with Crippen molar-refractivity contribution in [1.82, 2.24) is 5.32 Å². The molecular formula is C21H23N3O8S2. The van der Waals surface area contributed by atoms with E-state index in [2.05, 4.69) is 10.6 Å². The second kappa shape index (κ2) is 8.43. The van der Waals surface area contributed by atoms with Gasteiger partial charge in [-0.05, 0) is 57.0 Å². The molecule has 6 N–H and O–H groups in total. The van der Waals surface area contributed by atoms with Gasteiger partial charge in [0.1, 0.15) is 4.90 Å². The lowest BCUT2D eigenvalue weighted by Crippen LogP contribution is -2.35. The van der Waals surface area contributed by atoms with Gasteiger partial charge in [0, 0.05) is 28.9 Å². The predicted molar refractivity (Wildman–Crippen MR) is 123 cm³/mol. The van der Waals surface area contributed by atoms with E-state index in [1.165, 1.54) is 0 Å². The van der Waals surface area contributed by atoms with Crippen molar-refractivity contribution in [2.24, 2.45) is 0 Å². The maximum absolute atomic E-state index is 13.4. The Labute approximate surface area is 196 Å². The molecule has 1 fully saturated rings. The van der Waals surface area contributed by atoms with Crippen molar-refractivity contribution in [3.63, 3.8) is 0 Å². The molecule has 0 unspecified atom stereocenters. The summed E-state index contributed by atoms with van der Waals surface area (Å²) in [5.74, 6) is -1.58. The lowest BCUT2D eigenvalue weighted by atomic mass is 9.82. The third-order valence-corrected chi connectivity index (χ3v) is 8.08. The number of anilines is 2. The van der Waals surface area contributed by atoms with Crippen LogP contribution in [0.2, 0.25) is 0 Å². The summed E-state index contributed by atoms with van der Waals surface area (Å²) in [6.07, 6.45) is 3.10. The molecule has 0 aromatic heterocycles. The number of fused-ring (bicyclic) bond motifs is 2. The summed E-state index contributed by atoms with van der Waals surface area (Å²) in [7, 11) is -7.68. The van der Waals surface area contributed by atoms with Gasteiger partial charge in [-0.15, -0.1) is 0 Å². The topological polar surface area (TPSA) is 193 Å². The summed E-state index contributed by atoms with van der Waals surface area (Å²) in [6, 6.07) is 4.18. The van der Waals surface area contributed by atoms with Gasteiger partial charge in [-0.2, -0.15) is 16.8 Å². The molecule has 2 aromatic carbocycles. The lowest BCUT2D eigenvalue weighted by Gasteiger charge is -2.31. The van der Waals surface area contributed by atoms with E-state index >= 15 is 0 Å². The van der Waals surface area contributed by atoms with Crippen molar-refractivity contribution in [2.75, 3.05) is 18.1 Å². The summed E-state index contributed by atoms with van der Waals surface area (Å²) in [5, 5.41) is 6.34. The Morgan fingerprint density at radius 1 is 0.853 bits per heavy atom. The van der Waals surface area contributed by atoms with Crippen LogP contribution in [0.3, 0.4) is 0 Å². The van der Waals surface area contributed by atoms with Gasteiger partial charge in [-0.3, -0.25) is 18.7 Å². The van der Waals surface area contributed by atoms with Crippen molar-refractivity contribution in [2.45, 2.75) is 47.6 Å². The molecule has 4 rings (SSSR count). The summed E-state index contributed by atoms with van der Waals surface area (Å²) in [6.45, 7) is 0. The molecule has 0 atom stereocenters. The van der Waals surface area contributed by atoms with Crippen molar-refractivity contribution >= 4 is 43.2 Å². The van der Waals surface area contributed by atoms with Gasteiger partial charge < -0.3 is 16.4 Å². The first-order valence-corrected chi connectivity index (χ1v) is 13.3. The highest BCUT2D eigenvalue weighted by atomic mass is 32.2. The zero-order chi connectivity index (χ0) is 25.0. The maximum Gasteiger partial charge on any atom is 0.296 e. The van der Waals surface area contributed by atoms with Crippen LogP contribution in [0.25, 0.3) is 0 Å². The molecule has 0 bridgehead atoms.